The van der Waals surface area contributed by atoms with Gasteiger partial charge in [-0.15, -0.1) is 0 Å². The highest BCUT2D eigenvalue weighted by molar-refractivity contribution is 7.91. The van der Waals surface area contributed by atoms with Crippen molar-refractivity contribution in [3.05, 3.63) is 47.3 Å². The van der Waals surface area contributed by atoms with E-state index in [1.165, 1.54) is 15.9 Å². The van der Waals surface area contributed by atoms with E-state index in [1.54, 1.807) is 26.8 Å². The van der Waals surface area contributed by atoms with Gasteiger partial charge in [0.05, 0.1) is 24.8 Å². The molecule has 2 saturated carbocycles. The van der Waals surface area contributed by atoms with Crippen LogP contribution in [0.4, 0.5) is 9.18 Å². The summed E-state index contributed by atoms with van der Waals surface area (Å²) in [7, 11) is -3.91. The van der Waals surface area contributed by atoms with Crippen molar-refractivity contribution >= 4 is 39.8 Å². The summed E-state index contributed by atoms with van der Waals surface area (Å²) in [5.41, 5.74) is -1.10. The molecule has 0 unspecified atom stereocenters. The highest BCUT2D eigenvalue weighted by Gasteiger charge is 2.62. The number of sulfonamides is 1. The lowest BCUT2D eigenvalue weighted by Gasteiger charge is -2.30. The van der Waals surface area contributed by atoms with Crippen LogP contribution in [-0.2, 0) is 51.6 Å². The molecule has 3 heterocycles. The maximum atomic E-state index is 14.6. The molecular formula is C37H49FN4O9S. The minimum atomic E-state index is -3.91. The molecule has 15 heteroatoms. The Morgan fingerprint density at radius 2 is 1.87 bits per heavy atom. The number of esters is 1. The fourth-order valence-corrected chi connectivity index (χ4v) is 8.84. The highest BCUT2D eigenvalue weighted by Crippen LogP contribution is 2.46. The molecule has 1 aromatic rings. The predicted octanol–water partition coefficient (Wildman–Crippen LogP) is 3.64. The molecule has 0 bridgehead atoms. The Morgan fingerprint density at radius 1 is 1.10 bits per heavy atom. The molecule has 0 spiro atoms. The number of carbonyl (C=O) groups excluding carboxylic acids is 5. The van der Waals surface area contributed by atoms with Gasteiger partial charge in [-0.05, 0) is 77.3 Å². The van der Waals surface area contributed by atoms with Crippen LogP contribution < -0.4 is 10.0 Å². The van der Waals surface area contributed by atoms with E-state index in [4.69, 9.17) is 9.47 Å². The molecular weight excluding hydrogens is 695 g/mol. The van der Waals surface area contributed by atoms with E-state index in [0.717, 1.165) is 18.4 Å². The molecule has 13 nitrogen and oxygen atoms in total. The molecule has 1 aromatic carbocycles. The van der Waals surface area contributed by atoms with E-state index in [9.17, 15) is 36.8 Å². The number of carbonyl (C=O) groups is 5. The van der Waals surface area contributed by atoms with Crippen LogP contribution in [0.5, 0.6) is 0 Å². The number of halogens is 1. The highest BCUT2D eigenvalue weighted by atomic mass is 32.2. The Bertz CT molecular complexity index is 1740. The van der Waals surface area contributed by atoms with Gasteiger partial charge < -0.3 is 24.6 Å². The number of hydrogen-bond acceptors (Lipinski definition) is 9. The van der Waals surface area contributed by atoms with Crippen LogP contribution in [0.3, 0.4) is 0 Å². The molecule has 2 N–H and O–H groups in total. The molecule has 2 aliphatic carbocycles. The van der Waals surface area contributed by atoms with Gasteiger partial charge in [-0.3, -0.25) is 23.9 Å². The van der Waals surface area contributed by atoms with Gasteiger partial charge in [-0.1, -0.05) is 37.1 Å². The molecule has 5 atom stereocenters. The number of fused-ring (bicyclic) bond motifs is 3. The fraction of sp³-hybridized carbons (Fsp3) is 0.649. The fourth-order valence-electron chi connectivity index (χ4n) is 7.48. The lowest BCUT2D eigenvalue weighted by molar-refractivity contribution is -0.159. The van der Waals surface area contributed by atoms with Crippen LogP contribution in [0.2, 0.25) is 0 Å². The average molecular weight is 745 g/mol. The van der Waals surface area contributed by atoms with Gasteiger partial charge in [0.25, 0.3) is 5.91 Å². The monoisotopic (exact) mass is 744 g/mol. The maximum Gasteiger partial charge on any atom is 0.410 e. The molecule has 3 fully saturated rings. The second kappa shape index (κ2) is 14.8. The normalized spacial score (nSPS) is 28.9. The zero-order chi connectivity index (χ0) is 37.4. The Labute approximate surface area is 304 Å². The summed E-state index contributed by atoms with van der Waals surface area (Å²) in [6, 6.07) is 3.59. The molecule has 0 aromatic heterocycles. The number of ether oxygens (including phenoxy) is 2. The number of nitrogens with zero attached hydrogens (tertiary/aromatic N) is 2. The van der Waals surface area contributed by atoms with Gasteiger partial charge >= 0.3 is 12.1 Å². The van der Waals surface area contributed by atoms with Crippen molar-refractivity contribution in [2.75, 3.05) is 13.1 Å². The molecule has 6 rings (SSSR count). The van der Waals surface area contributed by atoms with Gasteiger partial charge in [0.15, 0.2) is 0 Å². The Morgan fingerprint density at radius 3 is 2.60 bits per heavy atom. The lowest BCUT2D eigenvalue weighted by Crippen LogP contribution is -2.57. The number of hydrogen-bond donors (Lipinski definition) is 2. The van der Waals surface area contributed by atoms with E-state index < -0.39 is 86.0 Å². The first-order valence-electron chi connectivity index (χ1n) is 18.4. The second-order valence-corrected chi connectivity index (χ2v) is 17.8. The summed E-state index contributed by atoms with van der Waals surface area (Å²) >= 11 is 0. The van der Waals surface area contributed by atoms with Crippen molar-refractivity contribution in [2.24, 2.45) is 11.8 Å². The Hall–Kier alpha value is -4.01. The summed E-state index contributed by atoms with van der Waals surface area (Å²) < 4.78 is 53.7. The van der Waals surface area contributed by atoms with Gasteiger partial charge in [0, 0.05) is 30.4 Å². The average Bonchev–Trinajstić information content (AvgIpc) is 3.99. The summed E-state index contributed by atoms with van der Waals surface area (Å²) in [6.07, 6.45) is 6.55. The quantitative estimate of drug-likeness (QED) is 0.327. The third-order valence-electron chi connectivity index (χ3n) is 10.5. The number of nitrogens with one attached hydrogen (secondary N) is 2. The van der Waals surface area contributed by atoms with Gasteiger partial charge in [-0.25, -0.2) is 17.6 Å². The summed E-state index contributed by atoms with van der Waals surface area (Å²) in [5, 5.41) is 2.16. The van der Waals surface area contributed by atoms with E-state index >= 15 is 0 Å². The Kier molecular flexibility index (Phi) is 10.7. The third-order valence-corrected chi connectivity index (χ3v) is 12.3. The third kappa shape index (κ3) is 8.61. The molecule has 3 aliphatic heterocycles. The number of rotatable bonds is 6. The van der Waals surface area contributed by atoms with Crippen molar-refractivity contribution < 1.29 is 46.3 Å². The summed E-state index contributed by atoms with van der Waals surface area (Å²) in [6.45, 7) is 5.36. The zero-order valence-corrected chi connectivity index (χ0v) is 30.8. The van der Waals surface area contributed by atoms with Gasteiger partial charge in [0.2, 0.25) is 21.8 Å². The summed E-state index contributed by atoms with van der Waals surface area (Å²) in [5.74, 6) is -4.26. The summed E-state index contributed by atoms with van der Waals surface area (Å²) in [4.78, 5) is 71.3. The van der Waals surface area contributed by atoms with Crippen LogP contribution in [0.15, 0.2) is 30.4 Å². The standard InChI is InChI=1S/C37H49FN4O9S/c1-36(2,3)51-31(43)18-24-10-7-5-4-6-8-12-25-20-37(25,34(46)40-52(48,49)27-14-15-27)39-32(44)30-19-26(21-42(30)33(24)45)50-35(47)41-17-16-23-11-9-13-29(38)28(23)22-41/h8-9,11-13,24-27,30H,4-7,10,14-22H2,1-3H3,(H,39,44)(H,40,46)/b12-8-/t24-,25-,26-,30+,37-/m1/s1. The number of amides is 4. The van der Waals surface area contributed by atoms with Gasteiger partial charge in [0.1, 0.15) is 29.1 Å². The minimum absolute atomic E-state index is 0.00832. The van der Waals surface area contributed by atoms with Crippen molar-refractivity contribution in [2.45, 2.75) is 126 Å². The first kappa shape index (κ1) is 37.7. The minimum Gasteiger partial charge on any atom is -0.460 e. The second-order valence-electron chi connectivity index (χ2n) is 15.8. The van der Waals surface area contributed by atoms with Crippen LogP contribution in [0, 0.1) is 17.7 Å². The molecule has 1 saturated heterocycles. The molecule has 52 heavy (non-hydrogen) atoms. The maximum absolute atomic E-state index is 14.6. The van der Waals surface area contributed by atoms with Crippen LogP contribution in [0.25, 0.3) is 0 Å². The Balaban J connectivity index is 1.25. The van der Waals surface area contributed by atoms with Crippen molar-refractivity contribution in [1.29, 1.82) is 0 Å². The molecule has 284 valence electrons. The van der Waals surface area contributed by atoms with Crippen molar-refractivity contribution in [3.63, 3.8) is 0 Å². The number of benzene rings is 1. The first-order chi connectivity index (χ1) is 24.6. The number of allylic oxidation sites excluding steroid dienone is 1. The van der Waals surface area contributed by atoms with E-state index in [-0.39, 0.29) is 32.4 Å². The van der Waals surface area contributed by atoms with Crippen LogP contribution >= 0.6 is 0 Å². The predicted molar refractivity (Wildman–Crippen MR) is 186 cm³/mol. The van der Waals surface area contributed by atoms with Crippen LogP contribution in [0.1, 0.15) is 96.1 Å². The molecule has 4 amide bonds. The largest absolute Gasteiger partial charge is 0.460 e. The molecule has 5 aliphatic rings. The SMILES string of the molecule is CC(C)(C)OC(=O)C[C@H]1CCCCC/C=C\[C@@H]2C[C@@]2(C(=O)NS(=O)(=O)C2CC2)NC(=O)[C@@H]2C[C@@H](OC(=O)N3CCc4cccc(F)c4C3)CN2C1=O. The smallest absolute Gasteiger partial charge is 0.410 e. The van der Waals surface area contributed by atoms with E-state index in [1.807, 2.05) is 18.2 Å². The van der Waals surface area contributed by atoms with E-state index in [2.05, 4.69) is 10.0 Å². The van der Waals surface area contributed by atoms with Gasteiger partial charge in [-0.2, -0.15) is 0 Å². The lowest BCUT2D eigenvalue weighted by atomic mass is 9.95. The molecule has 0 radical (unpaired) electrons. The van der Waals surface area contributed by atoms with Crippen LogP contribution in [-0.4, -0.2) is 89.6 Å². The topological polar surface area (TPSA) is 168 Å². The van der Waals surface area contributed by atoms with Crippen molar-refractivity contribution in [3.8, 4) is 0 Å². The van der Waals surface area contributed by atoms with E-state index in [0.29, 0.717) is 50.6 Å². The first-order valence-corrected chi connectivity index (χ1v) is 19.9. The van der Waals surface area contributed by atoms with Crippen molar-refractivity contribution in [1.82, 2.24) is 19.8 Å². The zero-order valence-electron chi connectivity index (χ0n) is 30.0.